The van der Waals surface area contributed by atoms with E-state index in [-0.39, 0.29) is 11.7 Å². The molecule has 0 bridgehead atoms. The van der Waals surface area contributed by atoms with Gasteiger partial charge in [-0.25, -0.2) is 0 Å². The molecule has 0 aliphatic carbocycles. The molecule has 2 aromatic rings. The highest BCUT2D eigenvalue weighted by atomic mass is 16.5. The summed E-state index contributed by atoms with van der Waals surface area (Å²) in [4.78, 5) is 12.6. The van der Waals surface area contributed by atoms with Crippen LogP contribution in [0.15, 0.2) is 42.5 Å². The van der Waals surface area contributed by atoms with E-state index in [1.807, 2.05) is 63.2 Å². The monoisotopic (exact) mass is 268 g/mol. The summed E-state index contributed by atoms with van der Waals surface area (Å²) in [6.07, 6.45) is 0. The topological polar surface area (TPSA) is 26.3 Å². The Hall–Kier alpha value is -2.09. The lowest BCUT2D eigenvalue weighted by molar-refractivity contribution is 0.0966. The van der Waals surface area contributed by atoms with E-state index in [1.54, 1.807) is 7.11 Å². The van der Waals surface area contributed by atoms with Crippen molar-refractivity contribution in [2.75, 3.05) is 7.11 Å². The number of hydrogen-bond acceptors (Lipinski definition) is 2. The highest BCUT2D eigenvalue weighted by Gasteiger charge is 2.18. The second-order valence-electron chi connectivity index (χ2n) is 5.14. The van der Waals surface area contributed by atoms with E-state index in [0.29, 0.717) is 0 Å². The summed E-state index contributed by atoms with van der Waals surface area (Å²) in [5.41, 5.74) is 3.79. The molecule has 1 atom stereocenters. The van der Waals surface area contributed by atoms with Crippen molar-refractivity contribution in [1.29, 1.82) is 0 Å². The minimum absolute atomic E-state index is 0.136. The second-order valence-corrected chi connectivity index (χ2v) is 5.14. The average Bonchev–Trinajstić information content (AvgIpc) is 2.46. The number of benzene rings is 2. The van der Waals surface area contributed by atoms with E-state index in [4.69, 9.17) is 4.74 Å². The summed E-state index contributed by atoms with van der Waals surface area (Å²) in [5, 5.41) is 0. The zero-order valence-electron chi connectivity index (χ0n) is 12.4. The highest BCUT2D eigenvalue weighted by Crippen LogP contribution is 2.27. The summed E-state index contributed by atoms with van der Waals surface area (Å²) >= 11 is 0. The predicted octanol–water partition coefficient (Wildman–Crippen LogP) is 4.30. The molecule has 2 heteroatoms. The van der Waals surface area contributed by atoms with Crippen LogP contribution >= 0.6 is 0 Å². The zero-order chi connectivity index (χ0) is 14.7. The van der Waals surface area contributed by atoms with Crippen LogP contribution in [0, 0.1) is 13.8 Å². The number of aryl methyl sites for hydroxylation is 2. The summed E-state index contributed by atoms with van der Waals surface area (Å²) in [5.74, 6) is 0.863. The van der Waals surface area contributed by atoms with Crippen molar-refractivity contribution in [3.63, 3.8) is 0 Å². The first-order valence-corrected chi connectivity index (χ1v) is 6.79. The maximum Gasteiger partial charge on any atom is 0.170 e. The van der Waals surface area contributed by atoms with E-state index >= 15 is 0 Å². The Bertz CT molecular complexity index is 592. The van der Waals surface area contributed by atoms with Crippen LogP contribution in [0.3, 0.4) is 0 Å². The molecule has 2 aromatic carbocycles. The van der Waals surface area contributed by atoms with Crippen LogP contribution in [-0.4, -0.2) is 12.9 Å². The van der Waals surface area contributed by atoms with Gasteiger partial charge in [-0.2, -0.15) is 0 Å². The third-order valence-electron chi connectivity index (χ3n) is 3.64. The molecule has 20 heavy (non-hydrogen) atoms. The van der Waals surface area contributed by atoms with Crippen LogP contribution in [0.4, 0.5) is 0 Å². The summed E-state index contributed by atoms with van der Waals surface area (Å²) in [6.45, 7) is 5.89. The molecular weight excluding hydrogens is 248 g/mol. The molecule has 2 rings (SSSR count). The molecular formula is C18H20O2. The fourth-order valence-corrected chi connectivity index (χ4v) is 2.56. The first-order chi connectivity index (χ1) is 9.54. The van der Waals surface area contributed by atoms with E-state index in [1.165, 1.54) is 0 Å². The number of carbonyl (C=O) groups is 1. The molecule has 0 saturated carbocycles. The predicted molar refractivity (Wildman–Crippen MR) is 81.7 cm³/mol. The molecule has 0 unspecified atom stereocenters. The summed E-state index contributed by atoms with van der Waals surface area (Å²) in [7, 11) is 1.66. The molecule has 0 aliphatic heterocycles. The quantitative estimate of drug-likeness (QED) is 0.773. The minimum atomic E-state index is -0.136. The smallest absolute Gasteiger partial charge is 0.170 e. The van der Waals surface area contributed by atoms with Gasteiger partial charge >= 0.3 is 0 Å². The normalized spacial score (nSPS) is 12.0. The molecule has 2 nitrogen and oxygen atoms in total. The third-order valence-corrected chi connectivity index (χ3v) is 3.64. The third kappa shape index (κ3) is 2.74. The van der Waals surface area contributed by atoms with Crippen molar-refractivity contribution in [1.82, 2.24) is 0 Å². The van der Waals surface area contributed by atoms with Gasteiger partial charge in [-0.05, 0) is 42.7 Å². The van der Waals surface area contributed by atoms with Crippen molar-refractivity contribution < 1.29 is 9.53 Å². The van der Waals surface area contributed by atoms with Crippen LogP contribution in [0.25, 0.3) is 0 Å². The molecule has 0 fully saturated rings. The number of ether oxygens (including phenoxy) is 1. The molecule has 0 N–H and O–H groups in total. The Kier molecular flexibility index (Phi) is 4.23. The molecule has 0 heterocycles. The number of ketones is 1. The SMILES string of the molecule is COc1c(C)cc(C(=O)[C@@H](C)c2ccccc2)cc1C. The largest absolute Gasteiger partial charge is 0.496 e. The lowest BCUT2D eigenvalue weighted by atomic mass is 9.91. The Balaban J connectivity index is 2.35. The van der Waals surface area contributed by atoms with Gasteiger partial charge in [-0.1, -0.05) is 37.3 Å². The standard InChI is InChI=1S/C18H20O2/c1-12-10-16(11-13(2)18(12)20-4)17(19)14(3)15-8-6-5-7-9-15/h5-11,14H,1-4H3/t14-/m0/s1. The molecule has 0 aliphatic rings. The van der Waals surface area contributed by atoms with Crippen LogP contribution < -0.4 is 4.74 Å². The fourth-order valence-electron chi connectivity index (χ4n) is 2.56. The number of Topliss-reactive ketones (excluding diaryl/α,β-unsaturated/α-hetero) is 1. The van der Waals surface area contributed by atoms with Crippen molar-refractivity contribution in [3.8, 4) is 5.75 Å². The second kappa shape index (κ2) is 5.91. The van der Waals surface area contributed by atoms with Crippen LogP contribution in [0.5, 0.6) is 5.75 Å². The van der Waals surface area contributed by atoms with Gasteiger partial charge in [0.05, 0.1) is 7.11 Å². The van der Waals surface area contributed by atoms with E-state index < -0.39 is 0 Å². The average molecular weight is 268 g/mol. The maximum atomic E-state index is 12.6. The van der Waals surface area contributed by atoms with Crippen molar-refractivity contribution in [3.05, 3.63) is 64.7 Å². The lowest BCUT2D eigenvalue weighted by Gasteiger charge is -2.14. The Morgan fingerprint density at radius 3 is 2.10 bits per heavy atom. The van der Waals surface area contributed by atoms with Crippen molar-refractivity contribution in [2.45, 2.75) is 26.7 Å². The number of methoxy groups -OCH3 is 1. The van der Waals surface area contributed by atoms with Gasteiger partial charge in [0.25, 0.3) is 0 Å². The zero-order valence-corrected chi connectivity index (χ0v) is 12.4. The highest BCUT2D eigenvalue weighted by molar-refractivity contribution is 6.01. The minimum Gasteiger partial charge on any atom is -0.496 e. The first kappa shape index (κ1) is 14.3. The molecule has 0 amide bonds. The number of hydrogen-bond donors (Lipinski definition) is 0. The van der Waals surface area contributed by atoms with Gasteiger partial charge in [-0.3, -0.25) is 4.79 Å². The van der Waals surface area contributed by atoms with Gasteiger partial charge in [0.15, 0.2) is 5.78 Å². The van der Waals surface area contributed by atoms with E-state index in [9.17, 15) is 4.79 Å². The molecule has 0 saturated heterocycles. The summed E-state index contributed by atoms with van der Waals surface area (Å²) < 4.78 is 5.34. The Morgan fingerprint density at radius 1 is 1.05 bits per heavy atom. The van der Waals surface area contributed by atoms with Crippen LogP contribution in [0.2, 0.25) is 0 Å². The summed E-state index contributed by atoms with van der Waals surface area (Å²) in [6, 6.07) is 13.7. The number of rotatable bonds is 4. The van der Waals surface area contributed by atoms with Gasteiger partial charge in [0.1, 0.15) is 5.75 Å². The van der Waals surface area contributed by atoms with Gasteiger partial charge in [0.2, 0.25) is 0 Å². The molecule has 0 spiro atoms. The number of carbonyl (C=O) groups excluding carboxylic acids is 1. The molecule has 104 valence electrons. The van der Waals surface area contributed by atoms with Gasteiger partial charge < -0.3 is 4.74 Å². The van der Waals surface area contributed by atoms with Crippen LogP contribution in [0.1, 0.15) is 39.9 Å². The fraction of sp³-hybridized carbons (Fsp3) is 0.278. The van der Waals surface area contributed by atoms with E-state index in [2.05, 4.69) is 0 Å². The first-order valence-electron chi connectivity index (χ1n) is 6.79. The van der Waals surface area contributed by atoms with Crippen molar-refractivity contribution >= 4 is 5.78 Å². The van der Waals surface area contributed by atoms with Gasteiger partial charge in [0, 0.05) is 11.5 Å². The Labute approximate surface area is 120 Å². The van der Waals surface area contributed by atoms with Crippen LogP contribution in [-0.2, 0) is 0 Å². The van der Waals surface area contributed by atoms with Gasteiger partial charge in [-0.15, -0.1) is 0 Å². The lowest BCUT2D eigenvalue weighted by Crippen LogP contribution is -2.10. The Morgan fingerprint density at radius 2 is 1.60 bits per heavy atom. The molecule has 0 aromatic heterocycles. The molecule has 0 radical (unpaired) electrons. The van der Waals surface area contributed by atoms with E-state index in [0.717, 1.165) is 28.0 Å². The van der Waals surface area contributed by atoms with Crippen molar-refractivity contribution in [2.24, 2.45) is 0 Å². The maximum absolute atomic E-state index is 12.6.